The molecule has 1 aromatic rings. The molecular weight excluding hydrogens is 192 g/mol. The van der Waals surface area contributed by atoms with Crippen molar-refractivity contribution >= 4 is 11.3 Å². The summed E-state index contributed by atoms with van der Waals surface area (Å²) in [7, 11) is 0. The average Bonchev–Trinajstić information content (AvgIpc) is 2.60. The van der Waals surface area contributed by atoms with Crippen molar-refractivity contribution in [3.63, 3.8) is 0 Å². The highest BCUT2D eigenvalue weighted by molar-refractivity contribution is 7.09. The van der Waals surface area contributed by atoms with E-state index >= 15 is 0 Å². The van der Waals surface area contributed by atoms with Crippen LogP contribution in [-0.2, 0) is 12.8 Å². The number of hydrogen-bond donors (Lipinski definition) is 1. The van der Waals surface area contributed by atoms with Gasteiger partial charge in [0.1, 0.15) is 0 Å². The quantitative estimate of drug-likeness (QED) is 0.733. The molecule has 1 aromatic heterocycles. The molecule has 0 radical (unpaired) electrons. The standard InChI is InChI=1S/C11H20N2S/c1-4-11-13-10(8-14-11)6-5-7-12-9(2)3/h8-9,12H,4-7H2,1-3H3. The second kappa shape index (κ2) is 6.14. The van der Waals surface area contributed by atoms with Crippen molar-refractivity contribution in [1.29, 1.82) is 0 Å². The highest BCUT2D eigenvalue weighted by atomic mass is 32.1. The van der Waals surface area contributed by atoms with Gasteiger partial charge in [0, 0.05) is 11.4 Å². The lowest BCUT2D eigenvalue weighted by Crippen LogP contribution is -2.23. The predicted molar refractivity (Wildman–Crippen MR) is 63.0 cm³/mol. The molecule has 1 rings (SSSR count). The highest BCUT2D eigenvalue weighted by Gasteiger charge is 1.99. The first-order chi connectivity index (χ1) is 6.72. The fourth-order valence-corrected chi connectivity index (χ4v) is 2.07. The molecule has 0 saturated heterocycles. The first-order valence-electron chi connectivity index (χ1n) is 5.39. The number of aromatic nitrogens is 1. The molecule has 0 saturated carbocycles. The van der Waals surface area contributed by atoms with Crippen molar-refractivity contribution in [2.75, 3.05) is 6.54 Å². The number of thiazole rings is 1. The van der Waals surface area contributed by atoms with Crippen LogP contribution in [0.5, 0.6) is 0 Å². The van der Waals surface area contributed by atoms with Crippen LogP contribution in [0.4, 0.5) is 0 Å². The van der Waals surface area contributed by atoms with Gasteiger partial charge in [-0.3, -0.25) is 0 Å². The van der Waals surface area contributed by atoms with Gasteiger partial charge in [-0.2, -0.15) is 0 Å². The van der Waals surface area contributed by atoms with Crippen molar-refractivity contribution in [1.82, 2.24) is 10.3 Å². The first kappa shape index (κ1) is 11.7. The van der Waals surface area contributed by atoms with E-state index in [1.54, 1.807) is 11.3 Å². The van der Waals surface area contributed by atoms with E-state index in [1.807, 2.05) is 0 Å². The number of nitrogens with one attached hydrogen (secondary N) is 1. The van der Waals surface area contributed by atoms with Gasteiger partial charge in [-0.1, -0.05) is 20.8 Å². The molecule has 0 spiro atoms. The number of rotatable bonds is 6. The molecule has 0 aliphatic heterocycles. The molecule has 0 amide bonds. The predicted octanol–water partition coefficient (Wildman–Crippen LogP) is 2.64. The maximum absolute atomic E-state index is 4.54. The molecule has 0 aliphatic carbocycles. The maximum Gasteiger partial charge on any atom is 0.0925 e. The van der Waals surface area contributed by atoms with Crippen molar-refractivity contribution in [3.8, 4) is 0 Å². The van der Waals surface area contributed by atoms with E-state index in [9.17, 15) is 0 Å². The Morgan fingerprint density at radius 2 is 2.29 bits per heavy atom. The minimum Gasteiger partial charge on any atom is -0.315 e. The van der Waals surface area contributed by atoms with Gasteiger partial charge in [0.05, 0.1) is 10.7 Å². The number of hydrogen-bond acceptors (Lipinski definition) is 3. The smallest absolute Gasteiger partial charge is 0.0925 e. The van der Waals surface area contributed by atoms with E-state index in [4.69, 9.17) is 0 Å². The third kappa shape index (κ3) is 4.20. The summed E-state index contributed by atoms with van der Waals surface area (Å²) in [5.74, 6) is 0. The SMILES string of the molecule is CCc1nc(CCCNC(C)C)cs1. The molecule has 0 fully saturated rings. The average molecular weight is 212 g/mol. The summed E-state index contributed by atoms with van der Waals surface area (Å²) < 4.78 is 0. The summed E-state index contributed by atoms with van der Waals surface area (Å²) in [5, 5.41) is 6.86. The van der Waals surface area contributed by atoms with Gasteiger partial charge in [-0.15, -0.1) is 11.3 Å². The minimum absolute atomic E-state index is 0.594. The summed E-state index contributed by atoms with van der Waals surface area (Å²) in [4.78, 5) is 4.54. The van der Waals surface area contributed by atoms with Gasteiger partial charge < -0.3 is 5.32 Å². The summed E-state index contributed by atoms with van der Waals surface area (Å²) in [6.07, 6.45) is 3.36. The van der Waals surface area contributed by atoms with E-state index in [2.05, 4.69) is 36.5 Å². The summed E-state index contributed by atoms with van der Waals surface area (Å²) in [5.41, 5.74) is 1.26. The molecule has 0 bridgehead atoms. The summed E-state index contributed by atoms with van der Waals surface area (Å²) in [6, 6.07) is 0.594. The largest absolute Gasteiger partial charge is 0.315 e. The lowest BCUT2D eigenvalue weighted by Gasteiger charge is -2.06. The summed E-state index contributed by atoms with van der Waals surface area (Å²) in [6.45, 7) is 7.61. The Kier molecular flexibility index (Phi) is 5.12. The van der Waals surface area contributed by atoms with Crippen LogP contribution >= 0.6 is 11.3 Å². The van der Waals surface area contributed by atoms with E-state index in [1.165, 1.54) is 17.1 Å². The molecule has 2 nitrogen and oxygen atoms in total. The van der Waals surface area contributed by atoms with Crippen LogP contribution < -0.4 is 5.32 Å². The van der Waals surface area contributed by atoms with Crippen LogP contribution in [0.3, 0.4) is 0 Å². The van der Waals surface area contributed by atoms with Gasteiger partial charge in [0.25, 0.3) is 0 Å². The Morgan fingerprint density at radius 1 is 1.50 bits per heavy atom. The fourth-order valence-electron chi connectivity index (χ4n) is 1.29. The zero-order valence-electron chi connectivity index (χ0n) is 9.34. The van der Waals surface area contributed by atoms with Gasteiger partial charge in [-0.25, -0.2) is 4.98 Å². The molecular formula is C11H20N2S. The normalized spacial score (nSPS) is 11.1. The van der Waals surface area contributed by atoms with Gasteiger partial charge in [0.2, 0.25) is 0 Å². The molecule has 1 heterocycles. The van der Waals surface area contributed by atoms with E-state index < -0.39 is 0 Å². The third-order valence-electron chi connectivity index (χ3n) is 2.06. The van der Waals surface area contributed by atoms with E-state index in [-0.39, 0.29) is 0 Å². The molecule has 0 atom stereocenters. The van der Waals surface area contributed by atoms with Crippen LogP contribution in [0.25, 0.3) is 0 Å². The summed E-state index contributed by atoms with van der Waals surface area (Å²) >= 11 is 1.78. The maximum atomic E-state index is 4.54. The zero-order chi connectivity index (χ0) is 10.4. The molecule has 0 aromatic carbocycles. The Hall–Kier alpha value is -0.410. The molecule has 80 valence electrons. The number of aryl methyl sites for hydroxylation is 2. The Labute approximate surface area is 90.8 Å². The van der Waals surface area contributed by atoms with Gasteiger partial charge in [0.15, 0.2) is 0 Å². The van der Waals surface area contributed by atoms with Crippen LogP contribution in [0.1, 0.15) is 37.9 Å². The molecule has 1 N–H and O–H groups in total. The van der Waals surface area contributed by atoms with Crippen molar-refractivity contribution in [3.05, 3.63) is 16.1 Å². The van der Waals surface area contributed by atoms with Gasteiger partial charge >= 0.3 is 0 Å². The van der Waals surface area contributed by atoms with E-state index in [0.717, 1.165) is 19.4 Å². The zero-order valence-corrected chi connectivity index (χ0v) is 10.2. The lowest BCUT2D eigenvalue weighted by atomic mass is 10.2. The van der Waals surface area contributed by atoms with Crippen LogP contribution in [0, 0.1) is 0 Å². The molecule has 14 heavy (non-hydrogen) atoms. The lowest BCUT2D eigenvalue weighted by molar-refractivity contribution is 0.569. The van der Waals surface area contributed by atoms with Gasteiger partial charge in [-0.05, 0) is 25.8 Å². The van der Waals surface area contributed by atoms with Crippen molar-refractivity contribution in [2.45, 2.75) is 46.1 Å². The minimum atomic E-state index is 0.594. The van der Waals surface area contributed by atoms with Crippen LogP contribution in [-0.4, -0.2) is 17.6 Å². The number of nitrogens with zero attached hydrogens (tertiary/aromatic N) is 1. The Bertz CT molecular complexity index is 256. The second-order valence-corrected chi connectivity index (χ2v) is 4.74. The van der Waals surface area contributed by atoms with Crippen molar-refractivity contribution < 1.29 is 0 Å². The fraction of sp³-hybridized carbons (Fsp3) is 0.727. The first-order valence-corrected chi connectivity index (χ1v) is 6.27. The Morgan fingerprint density at radius 3 is 2.86 bits per heavy atom. The second-order valence-electron chi connectivity index (χ2n) is 3.80. The third-order valence-corrected chi connectivity index (χ3v) is 3.11. The van der Waals surface area contributed by atoms with Crippen molar-refractivity contribution in [2.24, 2.45) is 0 Å². The highest BCUT2D eigenvalue weighted by Crippen LogP contribution is 2.11. The monoisotopic (exact) mass is 212 g/mol. The Balaban J connectivity index is 2.18. The molecule has 3 heteroatoms. The van der Waals surface area contributed by atoms with Crippen LogP contribution in [0.15, 0.2) is 5.38 Å². The molecule has 0 unspecified atom stereocenters. The van der Waals surface area contributed by atoms with E-state index in [0.29, 0.717) is 6.04 Å². The molecule has 0 aliphatic rings. The topological polar surface area (TPSA) is 24.9 Å². The van der Waals surface area contributed by atoms with Crippen LogP contribution in [0.2, 0.25) is 0 Å².